The van der Waals surface area contributed by atoms with E-state index in [4.69, 9.17) is 11.0 Å². The number of hydrogen-bond acceptors (Lipinski definition) is 8. The number of amides is 1. The zero-order valence-corrected chi connectivity index (χ0v) is 18.1. The van der Waals surface area contributed by atoms with Gasteiger partial charge in [0, 0.05) is 36.3 Å². The first-order valence-corrected chi connectivity index (χ1v) is 10.8. The van der Waals surface area contributed by atoms with Gasteiger partial charge in [-0.05, 0) is 42.9 Å². The standard InChI is InChI=1S/C25H22N2O7/c26-8-4-2-1-3-5-12-6-7-16(28)19-15(12)10-13-9-14-11-17(29)20(24(27)33)23(32)25(14,34)22(31)18(13)21(19)30/h6-7,13-14,28,30,32,34H,1-2,4,9-11H2,(H2,27,33)/t13-,14+,25+/m1/s1. The van der Waals surface area contributed by atoms with Crippen molar-refractivity contribution in [3.05, 3.63) is 45.7 Å². The van der Waals surface area contributed by atoms with Crippen molar-refractivity contribution in [2.45, 2.75) is 44.1 Å². The second-order valence-corrected chi connectivity index (χ2v) is 8.71. The summed E-state index contributed by atoms with van der Waals surface area (Å²) < 4.78 is 0. The maximum Gasteiger partial charge on any atom is 0.255 e. The molecule has 174 valence electrons. The van der Waals surface area contributed by atoms with E-state index in [9.17, 15) is 34.8 Å². The average molecular weight is 462 g/mol. The van der Waals surface area contributed by atoms with Gasteiger partial charge in [0.05, 0.1) is 11.6 Å². The van der Waals surface area contributed by atoms with Crippen molar-refractivity contribution in [2.75, 3.05) is 0 Å². The molecule has 1 aromatic carbocycles. The lowest BCUT2D eigenvalue weighted by molar-refractivity contribution is -0.147. The summed E-state index contributed by atoms with van der Waals surface area (Å²) >= 11 is 0. The molecule has 34 heavy (non-hydrogen) atoms. The van der Waals surface area contributed by atoms with Crippen molar-refractivity contribution in [3.63, 3.8) is 0 Å². The van der Waals surface area contributed by atoms with Crippen molar-refractivity contribution in [2.24, 2.45) is 17.6 Å². The number of phenolic OH excluding ortho intramolecular Hbond substituents is 1. The SMILES string of the molecule is N#CCCCC#Cc1ccc(O)c2c1C[C@H]1C[C@H]3CC(=O)C(C(N)=O)=C(O)[C@@]3(O)C(=O)C1=C2O. The van der Waals surface area contributed by atoms with Crippen LogP contribution >= 0.6 is 0 Å². The van der Waals surface area contributed by atoms with Gasteiger partial charge in [0.2, 0.25) is 5.78 Å². The molecule has 1 aromatic rings. The van der Waals surface area contributed by atoms with Crippen LogP contribution in [0, 0.1) is 35.0 Å². The molecule has 9 heteroatoms. The van der Waals surface area contributed by atoms with Crippen LogP contribution in [-0.2, 0) is 20.8 Å². The summed E-state index contributed by atoms with van der Waals surface area (Å²) in [6, 6.07) is 4.98. The number of aliphatic hydroxyl groups is 3. The molecule has 0 spiro atoms. The Hall–Kier alpha value is -4.08. The predicted octanol–water partition coefficient (Wildman–Crippen LogP) is 1.47. The van der Waals surface area contributed by atoms with Crippen molar-refractivity contribution in [1.29, 1.82) is 5.26 Å². The highest BCUT2D eigenvalue weighted by Gasteiger charge is 2.60. The number of rotatable bonds is 3. The van der Waals surface area contributed by atoms with E-state index in [0.29, 0.717) is 30.4 Å². The van der Waals surface area contributed by atoms with E-state index < -0.39 is 52.0 Å². The summed E-state index contributed by atoms with van der Waals surface area (Å²) in [6.07, 6.45) is 1.37. The van der Waals surface area contributed by atoms with Crippen LogP contribution in [0.4, 0.5) is 0 Å². The number of benzene rings is 1. The van der Waals surface area contributed by atoms with Crippen LogP contribution in [0.5, 0.6) is 5.75 Å². The number of phenols is 1. The summed E-state index contributed by atoms with van der Waals surface area (Å²) in [6.45, 7) is 0. The van der Waals surface area contributed by atoms with Gasteiger partial charge in [-0.2, -0.15) is 5.26 Å². The minimum Gasteiger partial charge on any atom is -0.508 e. The molecule has 1 saturated carbocycles. The zero-order chi connectivity index (χ0) is 24.8. The van der Waals surface area contributed by atoms with Crippen molar-refractivity contribution in [1.82, 2.24) is 0 Å². The van der Waals surface area contributed by atoms with Gasteiger partial charge in [0.15, 0.2) is 11.4 Å². The van der Waals surface area contributed by atoms with E-state index in [2.05, 4.69) is 11.8 Å². The summed E-state index contributed by atoms with van der Waals surface area (Å²) in [4.78, 5) is 37.5. The molecule has 6 N–H and O–H groups in total. The number of ketones is 2. The fraction of sp³-hybridized carbons (Fsp3) is 0.360. The zero-order valence-electron chi connectivity index (χ0n) is 18.1. The van der Waals surface area contributed by atoms with Crippen molar-refractivity contribution >= 4 is 23.2 Å². The molecule has 0 bridgehead atoms. The normalized spacial score (nSPS) is 25.5. The molecule has 3 atom stereocenters. The molecule has 3 aliphatic carbocycles. The van der Waals surface area contributed by atoms with Gasteiger partial charge in [-0.1, -0.05) is 11.8 Å². The van der Waals surface area contributed by atoms with Crippen LogP contribution < -0.4 is 5.73 Å². The third kappa shape index (κ3) is 3.33. The largest absolute Gasteiger partial charge is 0.508 e. The van der Waals surface area contributed by atoms with Crippen LogP contribution in [0.1, 0.15) is 48.8 Å². The average Bonchev–Trinajstić information content (AvgIpc) is 2.77. The molecule has 0 radical (unpaired) electrons. The monoisotopic (exact) mass is 462 g/mol. The van der Waals surface area contributed by atoms with Gasteiger partial charge in [0.25, 0.3) is 5.91 Å². The van der Waals surface area contributed by atoms with E-state index in [1.54, 1.807) is 6.07 Å². The maximum atomic E-state index is 13.4. The fourth-order valence-electron chi connectivity index (χ4n) is 5.15. The number of aliphatic hydroxyl groups excluding tert-OH is 2. The van der Waals surface area contributed by atoms with Gasteiger partial charge < -0.3 is 26.2 Å². The third-order valence-corrected chi connectivity index (χ3v) is 6.76. The first kappa shape index (κ1) is 23.1. The molecular weight excluding hydrogens is 440 g/mol. The van der Waals surface area contributed by atoms with Crippen LogP contribution in [0.15, 0.2) is 29.0 Å². The van der Waals surface area contributed by atoms with Crippen LogP contribution in [0.25, 0.3) is 5.76 Å². The number of hydrogen-bond donors (Lipinski definition) is 5. The quantitative estimate of drug-likeness (QED) is 0.254. The number of carbonyl (C=O) groups is 3. The number of Topliss-reactive ketones (excluding diaryl/α,β-unsaturated/α-hetero) is 2. The lowest BCUT2D eigenvalue weighted by atomic mass is 9.59. The minimum atomic E-state index is -2.58. The Morgan fingerprint density at radius 2 is 1.91 bits per heavy atom. The van der Waals surface area contributed by atoms with Gasteiger partial charge in [0.1, 0.15) is 22.8 Å². The number of carbonyl (C=O) groups excluding carboxylic acids is 3. The second-order valence-electron chi connectivity index (χ2n) is 8.71. The lowest BCUT2D eigenvalue weighted by Gasteiger charge is -2.46. The molecule has 4 rings (SSSR count). The first-order valence-electron chi connectivity index (χ1n) is 10.8. The fourth-order valence-corrected chi connectivity index (χ4v) is 5.15. The molecule has 0 unspecified atom stereocenters. The molecule has 1 fully saturated rings. The Morgan fingerprint density at radius 1 is 1.18 bits per heavy atom. The van der Waals surface area contributed by atoms with Crippen LogP contribution in [-0.4, -0.2) is 43.5 Å². The summed E-state index contributed by atoms with van der Waals surface area (Å²) in [5.74, 6) is -0.652. The van der Waals surface area contributed by atoms with E-state index in [0.717, 1.165) is 0 Å². The summed E-state index contributed by atoms with van der Waals surface area (Å²) in [5, 5.41) is 51.9. The summed E-state index contributed by atoms with van der Waals surface area (Å²) in [5.41, 5.74) is 2.67. The molecule has 0 aromatic heterocycles. The van der Waals surface area contributed by atoms with Gasteiger partial charge >= 0.3 is 0 Å². The van der Waals surface area contributed by atoms with Gasteiger partial charge in [-0.15, -0.1) is 0 Å². The highest BCUT2D eigenvalue weighted by atomic mass is 16.3. The number of nitriles is 1. The Labute approximate surface area is 194 Å². The topological polar surface area (TPSA) is 182 Å². The third-order valence-electron chi connectivity index (χ3n) is 6.76. The smallest absolute Gasteiger partial charge is 0.255 e. The number of nitrogens with two attached hydrogens (primary N) is 1. The number of fused-ring (bicyclic) bond motifs is 3. The summed E-state index contributed by atoms with van der Waals surface area (Å²) in [7, 11) is 0. The Morgan fingerprint density at radius 3 is 2.59 bits per heavy atom. The van der Waals surface area contributed by atoms with Gasteiger partial charge in [-0.25, -0.2) is 0 Å². The second kappa shape index (κ2) is 8.36. The first-order chi connectivity index (χ1) is 16.1. The van der Waals surface area contributed by atoms with Crippen LogP contribution in [0.3, 0.4) is 0 Å². The molecular formula is C25H22N2O7. The Kier molecular flexibility index (Phi) is 5.68. The predicted molar refractivity (Wildman–Crippen MR) is 118 cm³/mol. The number of aromatic hydroxyl groups is 1. The van der Waals surface area contributed by atoms with E-state index >= 15 is 0 Å². The number of primary amides is 1. The van der Waals surface area contributed by atoms with Crippen molar-refractivity contribution < 1.29 is 34.8 Å². The number of unbranched alkanes of at least 4 members (excludes halogenated alkanes) is 2. The van der Waals surface area contributed by atoms with Crippen LogP contribution in [0.2, 0.25) is 0 Å². The lowest BCUT2D eigenvalue weighted by Crippen LogP contribution is -2.58. The van der Waals surface area contributed by atoms with Crippen molar-refractivity contribution in [3.8, 4) is 23.7 Å². The van der Waals surface area contributed by atoms with E-state index in [1.165, 1.54) is 6.07 Å². The highest BCUT2D eigenvalue weighted by Crippen LogP contribution is 2.52. The minimum absolute atomic E-state index is 0.0101. The van der Waals surface area contributed by atoms with Gasteiger partial charge in [-0.3, -0.25) is 14.4 Å². The molecule has 0 heterocycles. The maximum absolute atomic E-state index is 13.4. The number of nitrogens with zero attached hydrogens (tertiary/aromatic N) is 1. The van der Waals surface area contributed by atoms with E-state index in [1.807, 2.05) is 6.07 Å². The Balaban J connectivity index is 1.82. The molecule has 9 nitrogen and oxygen atoms in total. The van der Waals surface area contributed by atoms with E-state index in [-0.39, 0.29) is 36.1 Å². The Bertz CT molecular complexity index is 1300. The molecule has 3 aliphatic rings. The highest BCUT2D eigenvalue weighted by molar-refractivity contribution is 6.22. The molecule has 0 aliphatic heterocycles. The molecule has 0 saturated heterocycles. The molecule has 1 amide bonds.